The molecule has 6 nitrogen and oxygen atoms in total. The molecule has 0 saturated carbocycles. The first kappa shape index (κ1) is 20.8. The summed E-state index contributed by atoms with van der Waals surface area (Å²) in [5.74, 6) is 2.35. The molecular formula is C17H28IN3O3. The van der Waals surface area contributed by atoms with Crippen LogP contribution in [0, 0.1) is 0 Å². The predicted molar refractivity (Wildman–Crippen MR) is 107 cm³/mol. The van der Waals surface area contributed by atoms with E-state index in [1.54, 1.807) is 14.2 Å². The Bertz CT molecular complexity index is 540. The number of nitrogens with zero attached hydrogens (tertiary/aromatic N) is 2. The zero-order valence-electron chi connectivity index (χ0n) is 14.6. The van der Waals surface area contributed by atoms with Crippen LogP contribution in [0.15, 0.2) is 23.2 Å². The molecular weight excluding hydrogens is 421 g/mol. The van der Waals surface area contributed by atoms with E-state index in [1.807, 2.05) is 18.2 Å². The van der Waals surface area contributed by atoms with Gasteiger partial charge < -0.3 is 24.8 Å². The van der Waals surface area contributed by atoms with Crippen LogP contribution in [0.25, 0.3) is 0 Å². The second-order valence-corrected chi connectivity index (χ2v) is 5.56. The van der Waals surface area contributed by atoms with Crippen molar-refractivity contribution in [2.75, 3.05) is 40.4 Å². The molecule has 1 aromatic rings. The highest BCUT2D eigenvalue weighted by atomic mass is 127. The number of likely N-dealkylation sites (tertiary alicyclic amines) is 1. The summed E-state index contributed by atoms with van der Waals surface area (Å²) in [4.78, 5) is 6.79. The zero-order valence-corrected chi connectivity index (χ0v) is 16.9. The highest BCUT2D eigenvalue weighted by Crippen LogP contribution is 2.27. The summed E-state index contributed by atoms with van der Waals surface area (Å²) < 4.78 is 10.6. The third-order valence-corrected chi connectivity index (χ3v) is 3.91. The van der Waals surface area contributed by atoms with Crippen molar-refractivity contribution in [1.29, 1.82) is 0 Å². The van der Waals surface area contributed by atoms with Crippen molar-refractivity contribution in [2.45, 2.75) is 25.9 Å². The van der Waals surface area contributed by atoms with Crippen LogP contribution in [0.3, 0.4) is 0 Å². The lowest BCUT2D eigenvalue weighted by Crippen LogP contribution is -2.40. The first-order chi connectivity index (χ1) is 11.2. The van der Waals surface area contributed by atoms with E-state index in [1.165, 1.54) is 0 Å². The number of guanidine groups is 1. The number of halogens is 1. The Morgan fingerprint density at radius 2 is 2.08 bits per heavy atom. The van der Waals surface area contributed by atoms with Gasteiger partial charge in [0.1, 0.15) is 0 Å². The fraction of sp³-hybridized carbons (Fsp3) is 0.588. The maximum absolute atomic E-state index is 9.68. The first-order valence-corrected chi connectivity index (χ1v) is 8.10. The number of ether oxygens (including phenoxy) is 2. The van der Waals surface area contributed by atoms with Gasteiger partial charge in [-0.2, -0.15) is 0 Å². The van der Waals surface area contributed by atoms with E-state index in [0.29, 0.717) is 13.1 Å². The Hall–Kier alpha value is -1.22. The Balaban J connectivity index is 0.00000288. The molecule has 0 amide bonds. The summed E-state index contributed by atoms with van der Waals surface area (Å²) in [6, 6.07) is 5.93. The summed E-state index contributed by atoms with van der Waals surface area (Å²) in [6.07, 6.45) is 1.39. The molecule has 0 unspecified atom stereocenters. The zero-order chi connectivity index (χ0) is 16.7. The number of rotatable bonds is 6. The van der Waals surface area contributed by atoms with Gasteiger partial charge in [-0.15, -0.1) is 24.0 Å². The second kappa shape index (κ2) is 10.6. The molecule has 0 spiro atoms. The number of benzene rings is 1. The molecule has 1 atom stereocenters. The predicted octanol–water partition coefficient (Wildman–Crippen LogP) is 1.90. The largest absolute Gasteiger partial charge is 0.493 e. The van der Waals surface area contributed by atoms with E-state index in [2.05, 4.69) is 22.1 Å². The third kappa shape index (κ3) is 5.70. The molecule has 1 fully saturated rings. The lowest BCUT2D eigenvalue weighted by atomic mass is 10.1. The van der Waals surface area contributed by atoms with Crippen LogP contribution in [-0.2, 0) is 6.42 Å². The highest BCUT2D eigenvalue weighted by molar-refractivity contribution is 14.0. The highest BCUT2D eigenvalue weighted by Gasteiger charge is 2.22. The SMILES string of the molecule is CCNC(=NCCc1ccc(OC)c(OC)c1)N1CC[C@@H](O)C1.I. The van der Waals surface area contributed by atoms with Crippen molar-refractivity contribution in [2.24, 2.45) is 4.99 Å². The molecule has 1 heterocycles. The molecule has 2 rings (SSSR count). The van der Waals surface area contributed by atoms with Gasteiger partial charge in [0.15, 0.2) is 17.5 Å². The van der Waals surface area contributed by atoms with Gasteiger partial charge >= 0.3 is 0 Å². The number of nitrogens with one attached hydrogen (secondary N) is 1. The van der Waals surface area contributed by atoms with Gasteiger partial charge in [-0.25, -0.2) is 0 Å². The normalized spacial score (nSPS) is 17.4. The van der Waals surface area contributed by atoms with E-state index in [4.69, 9.17) is 9.47 Å². The van der Waals surface area contributed by atoms with E-state index >= 15 is 0 Å². The van der Waals surface area contributed by atoms with E-state index in [0.717, 1.165) is 49.0 Å². The Morgan fingerprint density at radius 3 is 2.67 bits per heavy atom. The van der Waals surface area contributed by atoms with Crippen LogP contribution in [0.1, 0.15) is 18.9 Å². The van der Waals surface area contributed by atoms with Crippen molar-refractivity contribution in [3.05, 3.63) is 23.8 Å². The smallest absolute Gasteiger partial charge is 0.194 e. The monoisotopic (exact) mass is 449 g/mol. The lowest BCUT2D eigenvalue weighted by molar-refractivity contribution is 0.188. The number of β-amino-alcohol motifs (C(OH)–C–C–N with tert-alkyl or cyclic N) is 1. The van der Waals surface area contributed by atoms with Gasteiger partial charge in [0, 0.05) is 26.2 Å². The minimum Gasteiger partial charge on any atom is -0.493 e. The lowest BCUT2D eigenvalue weighted by Gasteiger charge is -2.20. The minimum atomic E-state index is -0.246. The number of aliphatic hydroxyl groups is 1. The molecule has 0 bridgehead atoms. The Kier molecular flexibility index (Phi) is 9.20. The van der Waals surface area contributed by atoms with Crippen molar-refractivity contribution >= 4 is 29.9 Å². The second-order valence-electron chi connectivity index (χ2n) is 5.56. The molecule has 1 saturated heterocycles. The van der Waals surface area contributed by atoms with Crippen LogP contribution in [0.2, 0.25) is 0 Å². The average Bonchev–Trinajstić information content (AvgIpc) is 3.00. The molecule has 0 radical (unpaired) electrons. The van der Waals surface area contributed by atoms with E-state index in [9.17, 15) is 5.11 Å². The standard InChI is InChI=1S/C17H27N3O3.HI/c1-4-18-17(20-10-8-14(21)12-20)19-9-7-13-5-6-15(22-2)16(11-13)23-3;/h5-6,11,14,21H,4,7-10,12H2,1-3H3,(H,18,19);1H/t14-;/m1./s1. The van der Waals surface area contributed by atoms with Gasteiger partial charge in [-0.3, -0.25) is 4.99 Å². The van der Waals surface area contributed by atoms with Crippen LogP contribution in [0.4, 0.5) is 0 Å². The number of aliphatic hydroxyl groups excluding tert-OH is 1. The van der Waals surface area contributed by atoms with Crippen molar-refractivity contribution < 1.29 is 14.6 Å². The summed E-state index contributed by atoms with van der Waals surface area (Å²) in [5.41, 5.74) is 1.16. The molecule has 7 heteroatoms. The summed E-state index contributed by atoms with van der Waals surface area (Å²) in [5, 5.41) is 13.0. The Labute approximate surface area is 161 Å². The molecule has 1 aliphatic rings. The molecule has 0 aromatic heterocycles. The molecule has 136 valence electrons. The molecule has 24 heavy (non-hydrogen) atoms. The van der Waals surface area contributed by atoms with Crippen molar-refractivity contribution in [3.63, 3.8) is 0 Å². The van der Waals surface area contributed by atoms with Crippen molar-refractivity contribution in [1.82, 2.24) is 10.2 Å². The first-order valence-electron chi connectivity index (χ1n) is 8.10. The quantitative estimate of drug-likeness (QED) is 0.395. The van der Waals surface area contributed by atoms with E-state index < -0.39 is 0 Å². The minimum absolute atomic E-state index is 0. The van der Waals surface area contributed by atoms with Gasteiger partial charge in [-0.05, 0) is 37.5 Å². The van der Waals surface area contributed by atoms with E-state index in [-0.39, 0.29) is 30.1 Å². The topological polar surface area (TPSA) is 66.3 Å². The molecule has 1 aromatic carbocycles. The van der Waals surface area contributed by atoms with Crippen LogP contribution < -0.4 is 14.8 Å². The van der Waals surface area contributed by atoms with Crippen LogP contribution >= 0.6 is 24.0 Å². The third-order valence-electron chi connectivity index (χ3n) is 3.91. The fourth-order valence-corrected chi connectivity index (χ4v) is 2.69. The number of hydrogen-bond acceptors (Lipinski definition) is 4. The average molecular weight is 449 g/mol. The number of aliphatic imine (C=N–C) groups is 1. The van der Waals surface area contributed by atoms with Crippen molar-refractivity contribution in [3.8, 4) is 11.5 Å². The van der Waals surface area contributed by atoms with Gasteiger partial charge in [-0.1, -0.05) is 6.07 Å². The number of methoxy groups -OCH3 is 2. The maximum atomic E-state index is 9.68. The van der Waals surface area contributed by atoms with Gasteiger partial charge in [0.2, 0.25) is 0 Å². The fourth-order valence-electron chi connectivity index (χ4n) is 2.69. The van der Waals surface area contributed by atoms with Gasteiger partial charge in [0.05, 0.1) is 20.3 Å². The summed E-state index contributed by atoms with van der Waals surface area (Å²) >= 11 is 0. The summed E-state index contributed by atoms with van der Waals surface area (Å²) in [6.45, 7) is 5.06. The van der Waals surface area contributed by atoms with Crippen LogP contribution in [0.5, 0.6) is 11.5 Å². The number of hydrogen-bond donors (Lipinski definition) is 2. The summed E-state index contributed by atoms with van der Waals surface area (Å²) in [7, 11) is 3.27. The molecule has 0 aliphatic carbocycles. The Morgan fingerprint density at radius 1 is 1.33 bits per heavy atom. The van der Waals surface area contributed by atoms with Gasteiger partial charge in [0.25, 0.3) is 0 Å². The molecule has 1 aliphatic heterocycles. The van der Waals surface area contributed by atoms with Crippen LogP contribution in [-0.4, -0.2) is 62.5 Å². The maximum Gasteiger partial charge on any atom is 0.194 e. The molecule has 2 N–H and O–H groups in total.